The molecule has 2 aromatic carbocycles. The molecule has 28 heavy (non-hydrogen) atoms. The Hall–Kier alpha value is -3.35. The number of amides is 2. The first kappa shape index (κ1) is 19.4. The van der Waals surface area contributed by atoms with Gasteiger partial charge in [-0.05, 0) is 51.1 Å². The number of rotatable bonds is 4. The zero-order valence-electron chi connectivity index (χ0n) is 16.4. The van der Waals surface area contributed by atoms with E-state index in [1.165, 1.54) is 0 Å². The van der Waals surface area contributed by atoms with Crippen molar-refractivity contribution in [2.24, 2.45) is 7.05 Å². The van der Waals surface area contributed by atoms with Gasteiger partial charge in [0.25, 0.3) is 5.91 Å². The number of ether oxygens (including phenoxy) is 1. The lowest BCUT2D eigenvalue weighted by atomic mass is 10.2. The van der Waals surface area contributed by atoms with Crippen molar-refractivity contribution >= 4 is 28.7 Å². The van der Waals surface area contributed by atoms with Crippen molar-refractivity contribution in [3.8, 4) is 0 Å². The van der Waals surface area contributed by atoms with Crippen molar-refractivity contribution in [3.63, 3.8) is 0 Å². The molecule has 0 aliphatic rings. The number of carbonyl (C=O) groups excluding carboxylic acids is 2. The fraction of sp³-hybridized carbons (Fsp3) is 0.286. The number of benzene rings is 2. The molecule has 0 radical (unpaired) electrons. The van der Waals surface area contributed by atoms with E-state index >= 15 is 0 Å². The van der Waals surface area contributed by atoms with E-state index < -0.39 is 11.7 Å². The second-order valence-corrected chi connectivity index (χ2v) is 7.47. The van der Waals surface area contributed by atoms with E-state index in [0.717, 1.165) is 16.9 Å². The average molecular weight is 380 g/mol. The summed E-state index contributed by atoms with van der Waals surface area (Å²) in [6.45, 7) is 5.67. The molecule has 0 unspecified atom stereocenters. The van der Waals surface area contributed by atoms with Crippen LogP contribution in [-0.4, -0.2) is 27.2 Å². The van der Waals surface area contributed by atoms with Gasteiger partial charge in [-0.15, -0.1) is 0 Å². The van der Waals surface area contributed by atoms with Gasteiger partial charge in [0.15, 0.2) is 0 Å². The quantitative estimate of drug-likeness (QED) is 0.720. The van der Waals surface area contributed by atoms with Crippen LogP contribution in [0.4, 0.5) is 10.5 Å². The van der Waals surface area contributed by atoms with Gasteiger partial charge < -0.3 is 14.6 Å². The number of hydrogen-bond donors (Lipinski definition) is 2. The highest BCUT2D eigenvalue weighted by atomic mass is 16.6. The lowest BCUT2D eigenvalue weighted by Gasteiger charge is -2.19. The molecule has 0 bridgehead atoms. The van der Waals surface area contributed by atoms with Crippen molar-refractivity contribution in [1.29, 1.82) is 0 Å². The molecular formula is C21H24N4O3. The van der Waals surface area contributed by atoms with Crippen molar-refractivity contribution in [3.05, 3.63) is 59.9 Å². The number of nitrogens with zero attached hydrogens (tertiary/aromatic N) is 2. The molecule has 1 aromatic heterocycles. The number of aromatic nitrogens is 2. The first-order valence-corrected chi connectivity index (χ1v) is 9.01. The molecule has 0 aliphatic heterocycles. The van der Waals surface area contributed by atoms with Gasteiger partial charge in [-0.1, -0.05) is 18.2 Å². The topological polar surface area (TPSA) is 85.2 Å². The molecule has 0 atom stereocenters. The molecule has 146 valence electrons. The molecule has 2 N–H and O–H groups in total. The fourth-order valence-corrected chi connectivity index (χ4v) is 2.77. The molecule has 0 aliphatic carbocycles. The van der Waals surface area contributed by atoms with E-state index in [4.69, 9.17) is 4.74 Å². The summed E-state index contributed by atoms with van der Waals surface area (Å²) in [5.41, 5.74) is 2.23. The predicted octanol–water partition coefficient (Wildman–Crippen LogP) is 3.85. The van der Waals surface area contributed by atoms with Gasteiger partial charge in [-0.25, -0.2) is 9.78 Å². The highest BCUT2D eigenvalue weighted by molar-refractivity contribution is 5.96. The third kappa shape index (κ3) is 4.68. The van der Waals surface area contributed by atoms with Gasteiger partial charge >= 0.3 is 6.09 Å². The van der Waals surface area contributed by atoms with Crippen molar-refractivity contribution in [1.82, 2.24) is 14.9 Å². The van der Waals surface area contributed by atoms with Crippen LogP contribution in [0.3, 0.4) is 0 Å². The van der Waals surface area contributed by atoms with Crippen LogP contribution in [0.15, 0.2) is 48.5 Å². The van der Waals surface area contributed by atoms with Crippen LogP contribution in [-0.2, 0) is 18.3 Å². The second kappa shape index (κ2) is 7.72. The summed E-state index contributed by atoms with van der Waals surface area (Å²) in [6.07, 6.45) is -0.565. The predicted molar refractivity (Wildman–Crippen MR) is 108 cm³/mol. The Kier molecular flexibility index (Phi) is 5.35. The van der Waals surface area contributed by atoms with Crippen molar-refractivity contribution < 1.29 is 14.3 Å². The van der Waals surface area contributed by atoms with Gasteiger partial charge in [-0.2, -0.15) is 0 Å². The van der Waals surface area contributed by atoms with Gasteiger partial charge in [0.1, 0.15) is 11.4 Å². The fourth-order valence-electron chi connectivity index (χ4n) is 2.77. The molecule has 2 amide bonds. The largest absolute Gasteiger partial charge is 0.444 e. The van der Waals surface area contributed by atoms with Crippen LogP contribution >= 0.6 is 0 Å². The highest BCUT2D eigenvalue weighted by Crippen LogP contribution is 2.16. The highest BCUT2D eigenvalue weighted by Gasteiger charge is 2.17. The Morgan fingerprint density at radius 1 is 1.11 bits per heavy atom. The van der Waals surface area contributed by atoms with E-state index in [-0.39, 0.29) is 5.91 Å². The van der Waals surface area contributed by atoms with Crippen molar-refractivity contribution in [2.75, 3.05) is 5.32 Å². The van der Waals surface area contributed by atoms with Gasteiger partial charge in [0.2, 0.25) is 0 Å². The molecular weight excluding hydrogens is 356 g/mol. The summed E-state index contributed by atoms with van der Waals surface area (Å²) < 4.78 is 7.18. The van der Waals surface area contributed by atoms with Crippen LogP contribution in [0.2, 0.25) is 0 Å². The minimum atomic E-state index is -0.593. The van der Waals surface area contributed by atoms with Gasteiger partial charge in [0, 0.05) is 18.3 Å². The van der Waals surface area contributed by atoms with Crippen LogP contribution in [0, 0.1) is 0 Å². The SMILES string of the molecule is Cn1c(CNC(=O)c2cccc(NC(=O)OC(C)(C)C)c2)nc2ccccc21. The maximum atomic E-state index is 12.5. The smallest absolute Gasteiger partial charge is 0.412 e. The molecule has 3 rings (SSSR count). The molecule has 0 saturated carbocycles. The Labute approximate surface area is 163 Å². The lowest BCUT2D eigenvalue weighted by molar-refractivity contribution is 0.0635. The molecule has 3 aromatic rings. The Bertz CT molecular complexity index is 1020. The molecule has 7 heteroatoms. The second-order valence-electron chi connectivity index (χ2n) is 7.47. The maximum absolute atomic E-state index is 12.5. The van der Waals surface area contributed by atoms with Crippen LogP contribution < -0.4 is 10.6 Å². The molecule has 0 fully saturated rings. The average Bonchev–Trinajstić information content (AvgIpc) is 2.94. The normalized spacial score (nSPS) is 11.3. The Morgan fingerprint density at radius 3 is 2.57 bits per heavy atom. The number of nitrogens with one attached hydrogen (secondary N) is 2. The molecule has 0 spiro atoms. The van der Waals surface area contributed by atoms with Crippen molar-refractivity contribution in [2.45, 2.75) is 32.9 Å². The number of para-hydroxylation sites is 2. The third-order valence-corrected chi connectivity index (χ3v) is 4.06. The summed E-state index contributed by atoms with van der Waals surface area (Å²) in [4.78, 5) is 29.0. The van der Waals surface area contributed by atoms with Crippen LogP contribution in [0.5, 0.6) is 0 Å². The molecule has 1 heterocycles. The maximum Gasteiger partial charge on any atom is 0.412 e. The number of hydrogen-bond acceptors (Lipinski definition) is 4. The van der Waals surface area contributed by atoms with Crippen LogP contribution in [0.25, 0.3) is 11.0 Å². The molecule has 7 nitrogen and oxygen atoms in total. The summed E-state index contributed by atoms with van der Waals surface area (Å²) in [5.74, 6) is 0.512. The summed E-state index contributed by atoms with van der Waals surface area (Å²) >= 11 is 0. The van der Waals surface area contributed by atoms with E-state index in [1.54, 1.807) is 45.0 Å². The van der Waals surface area contributed by atoms with Gasteiger partial charge in [0.05, 0.1) is 17.6 Å². The number of carbonyl (C=O) groups is 2. The monoisotopic (exact) mass is 380 g/mol. The van der Waals surface area contributed by atoms with E-state index in [2.05, 4.69) is 15.6 Å². The third-order valence-electron chi connectivity index (χ3n) is 4.06. The van der Waals surface area contributed by atoms with E-state index in [1.807, 2.05) is 35.9 Å². The first-order chi connectivity index (χ1) is 13.2. The number of imidazole rings is 1. The minimum Gasteiger partial charge on any atom is -0.444 e. The standard InChI is InChI=1S/C21H24N4O3/c1-21(2,3)28-20(27)23-15-9-7-8-14(12-15)19(26)22-13-18-24-16-10-5-6-11-17(16)25(18)4/h5-12H,13H2,1-4H3,(H,22,26)(H,23,27). The zero-order chi connectivity index (χ0) is 20.3. The Morgan fingerprint density at radius 2 is 1.86 bits per heavy atom. The first-order valence-electron chi connectivity index (χ1n) is 9.01. The lowest BCUT2D eigenvalue weighted by Crippen LogP contribution is -2.27. The zero-order valence-corrected chi connectivity index (χ0v) is 16.4. The summed E-state index contributed by atoms with van der Waals surface area (Å²) in [7, 11) is 1.92. The van der Waals surface area contributed by atoms with Gasteiger partial charge in [-0.3, -0.25) is 10.1 Å². The number of fused-ring (bicyclic) bond motifs is 1. The minimum absolute atomic E-state index is 0.250. The van der Waals surface area contributed by atoms with Crippen LogP contribution in [0.1, 0.15) is 37.0 Å². The molecule has 0 saturated heterocycles. The van der Waals surface area contributed by atoms with E-state index in [9.17, 15) is 9.59 Å². The Balaban J connectivity index is 1.66. The summed E-state index contributed by atoms with van der Waals surface area (Å²) in [6, 6.07) is 14.5. The summed E-state index contributed by atoms with van der Waals surface area (Å²) in [5, 5.41) is 5.51. The number of aryl methyl sites for hydroxylation is 1. The van der Waals surface area contributed by atoms with E-state index in [0.29, 0.717) is 17.8 Å². The number of anilines is 1.